The highest BCUT2D eigenvalue weighted by Crippen LogP contribution is 1.67. The molecular formula is C6H10N3O. The number of nitrogens with one attached hydrogen (secondary N) is 2. The number of rotatable bonds is 6. The van der Waals surface area contributed by atoms with Gasteiger partial charge in [0.05, 0.1) is 6.07 Å². The van der Waals surface area contributed by atoms with E-state index < -0.39 is 0 Å². The van der Waals surface area contributed by atoms with Crippen molar-refractivity contribution in [1.82, 2.24) is 10.6 Å². The summed E-state index contributed by atoms with van der Waals surface area (Å²) in [5.41, 5.74) is 0. The molecule has 0 aromatic rings. The van der Waals surface area contributed by atoms with E-state index in [-0.39, 0.29) is 0 Å². The SMILES string of the molecule is N#CCCNCCN[C]=O. The zero-order chi connectivity index (χ0) is 7.66. The van der Waals surface area contributed by atoms with Crippen LogP contribution in [0.1, 0.15) is 6.42 Å². The predicted molar refractivity (Wildman–Crippen MR) is 36.8 cm³/mol. The Labute approximate surface area is 60.2 Å². The van der Waals surface area contributed by atoms with E-state index in [1.54, 1.807) is 6.41 Å². The van der Waals surface area contributed by atoms with E-state index in [2.05, 4.69) is 10.6 Å². The molecule has 10 heavy (non-hydrogen) atoms. The van der Waals surface area contributed by atoms with Crippen LogP contribution in [0.5, 0.6) is 0 Å². The first kappa shape index (κ1) is 8.92. The summed E-state index contributed by atoms with van der Waals surface area (Å²) in [4.78, 5) is 9.58. The molecule has 4 heteroatoms. The van der Waals surface area contributed by atoms with Crippen LogP contribution < -0.4 is 10.6 Å². The summed E-state index contributed by atoms with van der Waals surface area (Å²) in [6.45, 7) is 1.93. The Morgan fingerprint density at radius 3 is 2.70 bits per heavy atom. The third-order valence-electron chi connectivity index (χ3n) is 0.913. The molecule has 0 aliphatic rings. The first-order chi connectivity index (χ1) is 4.91. The highest BCUT2D eigenvalue weighted by molar-refractivity contribution is 5.46. The van der Waals surface area contributed by atoms with Crippen molar-refractivity contribution in [3.63, 3.8) is 0 Å². The quantitative estimate of drug-likeness (QED) is 0.373. The Balaban J connectivity index is 2.78. The zero-order valence-electron chi connectivity index (χ0n) is 5.68. The lowest BCUT2D eigenvalue weighted by Gasteiger charge is -1.98. The van der Waals surface area contributed by atoms with Crippen molar-refractivity contribution >= 4 is 6.41 Å². The summed E-state index contributed by atoms with van der Waals surface area (Å²) < 4.78 is 0. The molecule has 0 saturated heterocycles. The largest absolute Gasteiger partial charge is 0.347 e. The maximum absolute atomic E-state index is 9.58. The number of nitriles is 1. The minimum Gasteiger partial charge on any atom is -0.347 e. The number of amides is 1. The van der Waals surface area contributed by atoms with E-state index in [9.17, 15) is 4.79 Å². The standard InChI is InChI=1S/C6H10N3O/c7-2-1-3-8-4-5-9-6-10/h8H,1,3-5H2,(H,9,10). The maximum atomic E-state index is 9.58. The second-order valence-electron chi connectivity index (χ2n) is 1.69. The van der Waals surface area contributed by atoms with Gasteiger partial charge in [-0.25, -0.2) is 0 Å². The van der Waals surface area contributed by atoms with Crippen molar-refractivity contribution in [2.75, 3.05) is 19.6 Å². The lowest BCUT2D eigenvalue weighted by atomic mass is 10.4. The second kappa shape index (κ2) is 7.92. The Morgan fingerprint density at radius 2 is 2.10 bits per heavy atom. The van der Waals surface area contributed by atoms with Gasteiger partial charge < -0.3 is 10.6 Å². The van der Waals surface area contributed by atoms with Crippen LogP contribution in [0.4, 0.5) is 0 Å². The summed E-state index contributed by atoms with van der Waals surface area (Å²) in [5, 5.41) is 13.4. The van der Waals surface area contributed by atoms with Crippen molar-refractivity contribution in [3.05, 3.63) is 0 Å². The summed E-state index contributed by atoms with van der Waals surface area (Å²) in [6.07, 6.45) is 2.06. The van der Waals surface area contributed by atoms with Gasteiger partial charge in [0.15, 0.2) is 0 Å². The molecule has 0 rings (SSSR count). The molecule has 4 nitrogen and oxygen atoms in total. The molecule has 0 aliphatic heterocycles. The minimum atomic E-state index is 0.505. The highest BCUT2D eigenvalue weighted by atomic mass is 16.1. The van der Waals surface area contributed by atoms with Crippen LogP contribution in [0.2, 0.25) is 0 Å². The lowest BCUT2D eigenvalue weighted by Crippen LogP contribution is -2.26. The molecule has 0 bridgehead atoms. The molecule has 0 aromatic heterocycles. The van der Waals surface area contributed by atoms with Gasteiger partial charge in [-0.15, -0.1) is 0 Å². The Hall–Kier alpha value is -1.08. The van der Waals surface area contributed by atoms with Crippen molar-refractivity contribution in [2.24, 2.45) is 0 Å². The molecule has 0 unspecified atom stereocenters. The molecule has 0 spiro atoms. The summed E-state index contributed by atoms with van der Waals surface area (Å²) in [5.74, 6) is 0. The monoisotopic (exact) mass is 140 g/mol. The van der Waals surface area contributed by atoms with E-state index in [1.165, 1.54) is 0 Å². The van der Waals surface area contributed by atoms with Gasteiger partial charge in [0.25, 0.3) is 0 Å². The fourth-order valence-electron chi connectivity index (χ4n) is 0.471. The fraction of sp³-hybridized carbons (Fsp3) is 0.667. The van der Waals surface area contributed by atoms with E-state index >= 15 is 0 Å². The Kier molecular flexibility index (Phi) is 7.06. The lowest BCUT2D eigenvalue weighted by molar-refractivity contribution is 0.539. The minimum absolute atomic E-state index is 0.505. The molecule has 1 amide bonds. The molecule has 0 aromatic carbocycles. The number of hydrogen-bond donors (Lipinski definition) is 2. The van der Waals surface area contributed by atoms with Crippen LogP contribution in [0, 0.1) is 11.3 Å². The average molecular weight is 140 g/mol. The van der Waals surface area contributed by atoms with Gasteiger partial charge in [-0.1, -0.05) is 0 Å². The van der Waals surface area contributed by atoms with Crippen molar-refractivity contribution in [2.45, 2.75) is 6.42 Å². The van der Waals surface area contributed by atoms with E-state index in [0.29, 0.717) is 26.1 Å². The van der Waals surface area contributed by atoms with Crippen LogP contribution in [0.15, 0.2) is 0 Å². The molecule has 55 valence electrons. The summed E-state index contributed by atoms with van der Waals surface area (Å²) >= 11 is 0. The number of carbonyl (C=O) groups excluding carboxylic acids is 1. The maximum Gasteiger partial charge on any atom is 0.309 e. The molecule has 0 atom stereocenters. The number of nitrogens with zero attached hydrogens (tertiary/aromatic N) is 1. The first-order valence-electron chi connectivity index (χ1n) is 3.09. The third-order valence-corrected chi connectivity index (χ3v) is 0.913. The fourth-order valence-corrected chi connectivity index (χ4v) is 0.471. The summed E-state index contributed by atoms with van der Waals surface area (Å²) in [7, 11) is 0. The molecular weight excluding hydrogens is 130 g/mol. The molecule has 0 heterocycles. The van der Waals surface area contributed by atoms with Gasteiger partial charge in [-0.05, 0) is 0 Å². The Morgan fingerprint density at radius 1 is 1.30 bits per heavy atom. The Bertz CT molecular complexity index is 119. The second-order valence-corrected chi connectivity index (χ2v) is 1.69. The topological polar surface area (TPSA) is 64.9 Å². The van der Waals surface area contributed by atoms with Crippen molar-refractivity contribution < 1.29 is 4.79 Å². The molecule has 0 fully saturated rings. The summed E-state index contributed by atoms with van der Waals surface area (Å²) in [6, 6.07) is 2.00. The average Bonchev–Trinajstić information content (AvgIpc) is 1.97. The first-order valence-corrected chi connectivity index (χ1v) is 3.09. The van der Waals surface area contributed by atoms with E-state index in [1.807, 2.05) is 6.07 Å². The van der Waals surface area contributed by atoms with Gasteiger partial charge in [0.2, 0.25) is 0 Å². The van der Waals surface area contributed by atoms with Gasteiger partial charge in [0, 0.05) is 26.1 Å². The van der Waals surface area contributed by atoms with Crippen LogP contribution in [-0.4, -0.2) is 26.0 Å². The van der Waals surface area contributed by atoms with E-state index in [0.717, 1.165) is 0 Å². The van der Waals surface area contributed by atoms with Crippen LogP contribution in [0.3, 0.4) is 0 Å². The van der Waals surface area contributed by atoms with Gasteiger partial charge in [0.1, 0.15) is 0 Å². The smallest absolute Gasteiger partial charge is 0.309 e. The van der Waals surface area contributed by atoms with Crippen molar-refractivity contribution in [1.29, 1.82) is 5.26 Å². The highest BCUT2D eigenvalue weighted by Gasteiger charge is 1.84. The van der Waals surface area contributed by atoms with Crippen LogP contribution >= 0.6 is 0 Å². The van der Waals surface area contributed by atoms with Gasteiger partial charge >= 0.3 is 6.41 Å². The molecule has 0 aliphatic carbocycles. The molecule has 0 saturated carbocycles. The van der Waals surface area contributed by atoms with Gasteiger partial charge in [-0.3, -0.25) is 4.79 Å². The molecule has 2 N–H and O–H groups in total. The third kappa shape index (κ3) is 6.92. The zero-order valence-corrected chi connectivity index (χ0v) is 5.68. The van der Waals surface area contributed by atoms with E-state index in [4.69, 9.17) is 5.26 Å². The normalized spacial score (nSPS) is 8.30. The predicted octanol–water partition coefficient (Wildman–Crippen LogP) is -0.854. The van der Waals surface area contributed by atoms with Crippen LogP contribution in [-0.2, 0) is 4.79 Å². The number of hydrogen-bond acceptors (Lipinski definition) is 3. The van der Waals surface area contributed by atoms with Crippen LogP contribution in [0.25, 0.3) is 0 Å². The van der Waals surface area contributed by atoms with Gasteiger partial charge in [-0.2, -0.15) is 5.26 Å². The molecule has 1 radical (unpaired) electrons. The van der Waals surface area contributed by atoms with Crippen molar-refractivity contribution in [3.8, 4) is 6.07 Å².